The minimum Gasteiger partial charge on any atom is -0.298 e. The highest BCUT2D eigenvalue weighted by molar-refractivity contribution is 5.26. The monoisotopic (exact) mass is 196 g/mol. The maximum Gasteiger partial charge on any atom is 0.131 e. The molecule has 0 aromatic heterocycles. The molecule has 1 rings (SSSR count). The predicted molar refractivity (Wildman–Crippen MR) is 48.4 cm³/mol. The van der Waals surface area contributed by atoms with E-state index in [1.807, 2.05) is 13.0 Å². The minimum absolute atomic E-state index is 0.177. The van der Waals surface area contributed by atoms with E-state index in [-0.39, 0.29) is 5.56 Å². The van der Waals surface area contributed by atoms with Gasteiger partial charge in [0.15, 0.2) is 0 Å². The van der Waals surface area contributed by atoms with Gasteiger partial charge in [0.05, 0.1) is 6.07 Å². The van der Waals surface area contributed by atoms with E-state index in [2.05, 4.69) is 5.32 Å². The Kier molecular flexibility index (Phi) is 3.55. The van der Waals surface area contributed by atoms with Crippen molar-refractivity contribution >= 4 is 0 Å². The molecule has 1 atom stereocenters. The van der Waals surface area contributed by atoms with Crippen LogP contribution in [-0.2, 0) is 0 Å². The quantitative estimate of drug-likeness (QED) is 0.803. The van der Waals surface area contributed by atoms with Crippen LogP contribution in [-0.4, -0.2) is 6.54 Å². The lowest BCUT2D eigenvalue weighted by atomic mass is 10.1. The third-order valence-electron chi connectivity index (χ3n) is 1.81. The average Bonchev–Trinajstić information content (AvgIpc) is 2.15. The highest BCUT2D eigenvalue weighted by Crippen LogP contribution is 2.17. The molecule has 1 aromatic carbocycles. The zero-order chi connectivity index (χ0) is 10.6. The molecule has 74 valence electrons. The van der Waals surface area contributed by atoms with Gasteiger partial charge >= 0.3 is 0 Å². The first-order valence-corrected chi connectivity index (χ1v) is 4.27. The lowest BCUT2D eigenvalue weighted by Gasteiger charge is -2.10. The molecule has 0 heterocycles. The van der Waals surface area contributed by atoms with Crippen molar-refractivity contribution in [3.63, 3.8) is 0 Å². The predicted octanol–water partition coefficient (Wildman–Crippen LogP) is 2.14. The van der Waals surface area contributed by atoms with Crippen LogP contribution in [0.25, 0.3) is 0 Å². The van der Waals surface area contributed by atoms with Gasteiger partial charge in [-0.3, -0.25) is 5.32 Å². The molecule has 2 nitrogen and oxygen atoms in total. The SMILES string of the molecule is CCN[C@@H](C#N)c1ccc(F)cc1F. The molecule has 0 saturated carbocycles. The number of nitrogens with one attached hydrogen (secondary N) is 1. The minimum atomic E-state index is -0.722. The van der Waals surface area contributed by atoms with Crippen molar-refractivity contribution in [2.24, 2.45) is 0 Å². The summed E-state index contributed by atoms with van der Waals surface area (Å²) in [6, 6.07) is 4.38. The number of hydrogen-bond acceptors (Lipinski definition) is 2. The molecule has 0 unspecified atom stereocenters. The smallest absolute Gasteiger partial charge is 0.131 e. The molecule has 0 aliphatic carbocycles. The normalized spacial score (nSPS) is 12.1. The van der Waals surface area contributed by atoms with Gasteiger partial charge in [0.2, 0.25) is 0 Å². The van der Waals surface area contributed by atoms with E-state index in [1.165, 1.54) is 6.07 Å². The van der Waals surface area contributed by atoms with Crippen LogP contribution in [0.15, 0.2) is 18.2 Å². The van der Waals surface area contributed by atoms with Gasteiger partial charge < -0.3 is 0 Å². The number of rotatable bonds is 3. The fraction of sp³-hybridized carbons (Fsp3) is 0.300. The van der Waals surface area contributed by atoms with Crippen molar-refractivity contribution < 1.29 is 8.78 Å². The molecule has 1 aromatic rings. The van der Waals surface area contributed by atoms with E-state index < -0.39 is 17.7 Å². The van der Waals surface area contributed by atoms with Gasteiger partial charge in [-0.2, -0.15) is 5.26 Å². The first-order chi connectivity index (χ1) is 6.69. The van der Waals surface area contributed by atoms with Crippen LogP contribution in [0, 0.1) is 23.0 Å². The van der Waals surface area contributed by atoms with Crippen molar-refractivity contribution in [3.8, 4) is 6.07 Å². The summed E-state index contributed by atoms with van der Waals surface area (Å²) in [7, 11) is 0. The van der Waals surface area contributed by atoms with Gasteiger partial charge in [-0.15, -0.1) is 0 Å². The van der Waals surface area contributed by atoms with Crippen LogP contribution in [0.5, 0.6) is 0 Å². The van der Waals surface area contributed by atoms with Crippen LogP contribution < -0.4 is 5.32 Å². The Bertz CT molecular complexity index is 358. The first-order valence-electron chi connectivity index (χ1n) is 4.27. The zero-order valence-electron chi connectivity index (χ0n) is 7.72. The standard InChI is InChI=1S/C10H10F2N2/c1-2-14-10(6-13)8-4-3-7(11)5-9(8)12/h3-5,10,14H,2H2,1H3/t10-/m0/s1. The van der Waals surface area contributed by atoms with Crippen LogP contribution in [0.3, 0.4) is 0 Å². The lowest BCUT2D eigenvalue weighted by Crippen LogP contribution is -2.20. The first kappa shape index (κ1) is 10.6. The summed E-state index contributed by atoms with van der Waals surface area (Å²) in [5.41, 5.74) is 0.177. The third kappa shape index (κ3) is 2.27. The second-order valence-corrected chi connectivity index (χ2v) is 2.79. The van der Waals surface area contributed by atoms with Crippen molar-refractivity contribution in [1.82, 2.24) is 5.32 Å². The highest BCUT2D eigenvalue weighted by atomic mass is 19.1. The average molecular weight is 196 g/mol. The van der Waals surface area contributed by atoms with Gasteiger partial charge in [0.1, 0.15) is 17.7 Å². The largest absolute Gasteiger partial charge is 0.298 e. The van der Waals surface area contributed by atoms with E-state index in [1.54, 1.807) is 0 Å². The third-order valence-corrected chi connectivity index (χ3v) is 1.81. The van der Waals surface area contributed by atoms with Crippen LogP contribution in [0.2, 0.25) is 0 Å². The van der Waals surface area contributed by atoms with Crippen LogP contribution in [0.1, 0.15) is 18.5 Å². The van der Waals surface area contributed by atoms with Gasteiger partial charge in [-0.05, 0) is 12.6 Å². The van der Waals surface area contributed by atoms with E-state index in [9.17, 15) is 8.78 Å². The molecule has 0 bridgehead atoms. The van der Waals surface area contributed by atoms with E-state index >= 15 is 0 Å². The number of nitrogens with zero attached hydrogens (tertiary/aromatic N) is 1. The molecule has 0 amide bonds. The molecule has 4 heteroatoms. The van der Waals surface area contributed by atoms with Gasteiger partial charge in [0, 0.05) is 11.6 Å². The number of nitriles is 1. The van der Waals surface area contributed by atoms with Crippen molar-refractivity contribution in [2.45, 2.75) is 13.0 Å². The van der Waals surface area contributed by atoms with Gasteiger partial charge in [-0.25, -0.2) is 8.78 Å². The summed E-state index contributed by atoms with van der Waals surface area (Å²) >= 11 is 0. The van der Waals surface area contributed by atoms with E-state index in [0.29, 0.717) is 6.54 Å². The number of benzene rings is 1. The molecule has 0 spiro atoms. The summed E-state index contributed by atoms with van der Waals surface area (Å²) in [6.45, 7) is 2.36. The van der Waals surface area contributed by atoms with Crippen LogP contribution in [0.4, 0.5) is 8.78 Å². The molecule has 0 aliphatic rings. The molecule has 0 saturated heterocycles. The molecule has 0 radical (unpaired) electrons. The van der Waals surface area contributed by atoms with E-state index in [4.69, 9.17) is 5.26 Å². The Morgan fingerprint density at radius 3 is 2.71 bits per heavy atom. The Hall–Kier alpha value is -1.47. The Labute approximate surface area is 81.2 Å². The highest BCUT2D eigenvalue weighted by Gasteiger charge is 2.13. The van der Waals surface area contributed by atoms with Gasteiger partial charge in [-0.1, -0.05) is 13.0 Å². The van der Waals surface area contributed by atoms with E-state index in [0.717, 1.165) is 12.1 Å². The molecule has 14 heavy (non-hydrogen) atoms. The second kappa shape index (κ2) is 4.68. The Morgan fingerprint density at radius 2 is 2.21 bits per heavy atom. The molecule has 1 N–H and O–H groups in total. The fourth-order valence-electron chi connectivity index (χ4n) is 1.16. The summed E-state index contributed by atoms with van der Waals surface area (Å²) < 4.78 is 25.7. The lowest BCUT2D eigenvalue weighted by molar-refractivity contribution is 0.549. The summed E-state index contributed by atoms with van der Waals surface area (Å²) in [6.07, 6.45) is 0. The van der Waals surface area contributed by atoms with Crippen molar-refractivity contribution in [2.75, 3.05) is 6.54 Å². The maximum atomic E-state index is 13.2. The Morgan fingerprint density at radius 1 is 1.50 bits per heavy atom. The second-order valence-electron chi connectivity index (χ2n) is 2.79. The summed E-state index contributed by atoms with van der Waals surface area (Å²) in [5, 5.41) is 11.5. The van der Waals surface area contributed by atoms with Crippen LogP contribution >= 0.6 is 0 Å². The fourth-order valence-corrected chi connectivity index (χ4v) is 1.16. The molecule has 0 fully saturated rings. The number of hydrogen-bond donors (Lipinski definition) is 1. The Balaban J connectivity index is 3.00. The van der Waals surface area contributed by atoms with Crippen molar-refractivity contribution in [3.05, 3.63) is 35.4 Å². The number of halogens is 2. The molecular formula is C10H10F2N2. The summed E-state index contributed by atoms with van der Waals surface area (Å²) in [4.78, 5) is 0. The maximum absolute atomic E-state index is 13.2. The topological polar surface area (TPSA) is 35.8 Å². The zero-order valence-corrected chi connectivity index (χ0v) is 7.72. The van der Waals surface area contributed by atoms with Gasteiger partial charge in [0.25, 0.3) is 0 Å². The molecule has 0 aliphatic heterocycles. The molecular weight excluding hydrogens is 186 g/mol. The van der Waals surface area contributed by atoms with Crippen molar-refractivity contribution in [1.29, 1.82) is 5.26 Å². The summed E-state index contributed by atoms with van der Waals surface area (Å²) in [5.74, 6) is -1.34.